The molecule has 0 bridgehead atoms. The van der Waals surface area contributed by atoms with Gasteiger partial charge >= 0.3 is 0 Å². The van der Waals surface area contributed by atoms with E-state index in [1.54, 1.807) is 17.0 Å². The number of carbonyl (C=O) groups excluding carboxylic acids is 1. The van der Waals surface area contributed by atoms with Gasteiger partial charge in [-0.05, 0) is 26.0 Å². The van der Waals surface area contributed by atoms with E-state index in [2.05, 4.69) is 4.98 Å². The molecular weight excluding hydrogens is 252 g/mol. The van der Waals surface area contributed by atoms with Gasteiger partial charge in [-0.2, -0.15) is 0 Å². The van der Waals surface area contributed by atoms with Crippen LogP contribution in [0.4, 0.5) is 0 Å². The highest BCUT2D eigenvalue weighted by Gasteiger charge is 2.25. The summed E-state index contributed by atoms with van der Waals surface area (Å²) in [6.07, 6.45) is 0. The molecule has 0 aromatic carbocycles. The molecule has 1 amide bonds. The van der Waals surface area contributed by atoms with Crippen LogP contribution >= 0.6 is 0 Å². The van der Waals surface area contributed by atoms with E-state index >= 15 is 0 Å². The van der Waals surface area contributed by atoms with E-state index in [0.29, 0.717) is 5.56 Å². The van der Waals surface area contributed by atoms with Crippen LogP contribution in [0.1, 0.15) is 21.7 Å². The van der Waals surface area contributed by atoms with Crippen molar-refractivity contribution >= 4 is 15.7 Å². The van der Waals surface area contributed by atoms with Gasteiger partial charge in [0.25, 0.3) is 5.91 Å². The predicted octanol–water partition coefficient (Wildman–Crippen LogP) is 0.569. The van der Waals surface area contributed by atoms with E-state index in [1.165, 1.54) is 0 Å². The van der Waals surface area contributed by atoms with Gasteiger partial charge in [0, 0.05) is 30.0 Å². The van der Waals surface area contributed by atoms with Gasteiger partial charge < -0.3 is 4.90 Å². The smallest absolute Gasteiger partial charge is 0.254 e. The summed E-state index contributed by atoms with van der Waals surface area (Å²) >= 11 is 0. The van der Waals surface area contributed by atoms with Gasteiger partial charge in [0.1, 0.15) is 0 Å². The molecule has 18 heavy (non-hydrogen) atoms. The number of amides is 1. The van der Waals surface area contributed by atoms with Crippen LogP contribution in [0.5, 0.6) is 0 Å². The van der Waals surface area contributed by atoms with Gasteiger partial charge in [0.05, 0.1) is 11.5 Å². The van der Waals surface area contributed by atoms with Crippen molar-refractivity contribution in [3.63, 3.8) is 0 Å². The fourth-order valence-corrected chi connectivity index (χ4v) is 3.26. The molecule has 2 heterocycles. The average molecular weight is 268 g/mol. The molecule has 5 nitrogen and oxygen atoms in total. The number of aryl methyl sites for hydroxylation is 2. The standard InChI is InChI=1S/C12H16N2O3S/c1-9-7-11(8-10(2)13-9)12(15)14-3-5-18(16,17)6-4-14/h7-8H,3-6H2,1-2H3. The van der Waals surface area contributed by atoms with Crippen molar-refractivity contribution in [1.29, 1.82) is 0 Å². The van der Waals surface area contributed by atoms with E-state index in [0.717, 1.165) is 11.4 Å². The second-order valence-corrected chi connectivity index (χ2v) is 6.89. The summed E-state index contributed by atoms with van der Waals surface area (Å²) in [5.41, 5.74) is 2.17. The van der Waals surface area contributed by atoms with E-state index in [1.807, 2.05) is 13.8 Å². The molecule has 6 heteroatoms. The van der Waals surface area contributed by atoms with Crippen molar-refractivity contribution < 1.29 is 13.2 Å². The number of rotatable bonds is 1. The van der Waals surface area contributed by atoms with Crippen molar-refractivity contribution in [2.45, 2.75) is 13.8 Å². The molecule has 0 saturated carbocycles. The average Bonchev–Trinajstić information content (AvgIpc) is 2.27. The van der Waals surface area contributed by atoms with Crippen LogP contribution in [0.15, 0.2) is 12.1 Å². The molecule has 0 atom stereocenters. The molecule has 1 saturated heterocycles. The zero-order chi connectivity index (χ0) is 13.3. The van der Waals surface area contributed by atoms with Crippen LogP contribution in [0.3, 0.4) is 0 Å². The van der Waals surface area contributed by atoms with Crippen LogP contribution in [-0.4, -0.2) is 48.8 Å². The van der Waals surface area contributed by atoms with Crippen LogP contribution in [0, 0.1) is 13.8 Å². The number of sulfone groups is 1. The number of nitrogens with zero attached hydrogens (tertiary/aromatic N) is 2. The highest BCUT2D eigenvalue weighted by atomic mass is 32.2. The fourth-order valence-electron chi connectivity index (χ4n) is 2.06. The number of aromatic nitrogens is 1. The third-order valence-corrected chi connectivity index (χ3v) is 4.57. The van der Waals surface area contributed by atoms with Crippen molar-refractivity contribution in [2.24, 2.45) is 0 Å². The molecule has 1 aromatic rings. The maximum absolute atomic E-state index is 12.2. The lowest BCUT2D eigenvalue weighted by Gasteiger charge is -2.26. The Hall–Kier alpha value is -1.43. The minimum absolute atomic E-state index is 0.0573. The monoisotopic (exact) mass is 268 g/mol. The molecule has 0 N–H and O–H groups in total. The molecule has 0 spiro atoms. The summed E-state index contributed by atoms with van der Waals surface area (Å²) in [5, 5.41) is 0. The minimum Gasteiger partial charge on any atom is -0.337 e. The third-order valence-electron chi connectivity index (χ3n) is 2.96. The van der Waals surface area contributed by atoms with Crippen LogP contribution in [0.25, 0.3) is 0 Å². The van der Waals surface area contributed by atoms with Gasteiger partial charge in [-0.1, -0.05) is 0 Å². The topological polar surface area (TPSA) is 67.3 Å². The number of carbonyl (C=O) groups is 1. The first-order valence-electron chi connectivity index (χ1n) is 5.82. The summed E-state index contributed by atoms with van der Waals surface area (Å²) in [5.74, 6) is 0.00216. The van der Waals surface area contributed by atoms with E-state index < -0.39 is 9.84 Å². The van der Waals surface area contributed by atoms with Gasteiger partial charge in [-0.3, -0.25) is 9.78 Å². The van der Waals surface area contributed by atoms with Gasteiger partial charge in [-0.25, -0.2) is 8.42 Å². The van der Waals surface area contributed by atoms with E-state index in [9.17, 15) is 13.2 Å². The van der Waals surface area contributed by atoms with Crippen LogP contribution < -0.4 is 0 Å². The number of pyridine rings is 1. The summed E-state index contributed by atoms with van der Waals surface area (Å²) in [6, 6.07) is 3.47. The van der Waals surface area contributed by atoms with Gasteiger partial charge in [-0.15, -0.1) is 0 Å². The van der Waals surface area contributed by atoms with E-state index in [-0.39, 0.29) is 30.5 Å². The largest absolute Gasteiger partial charge is 0.337 e. The predicted molar refractivity (Wildman–Crippen MR) is 68.3 cm³/mol. The first-order chi connectivity index (χ1) is 8.37. The first kappa shape index (κ1) is 13.0. The summed E-state index contributed by atoms with van der Waals surface area (Å²) < 4.78 is 22.6. The lowest BCUT2D eigenvalue weighted by molar-refractivity contribution is 0.0770. The van der Waals surface area contributed by atoms with Crippen molar-refractivity contribution in [1.82, 2.24) is 9.88 Å². The molecule has 1 fully saturated rings. The Labute approximate surface area is 107 Å². The van der Waals surface area contributed by atoms with Crippen LogP contribution in [-0.2, 0) is 9.84 Å². The molecule has 1 aliphatic heterocycles. The summed E-state index contributed by atoms with van der Waals surface area (Å²) in [6.45, 7) is 4.23. The normalized spacial score (nSPS) is 18.7. The molecular formula is C12H16N2O3S. The Morgan fingerprint density at radius 1 is 1.17 bits per heavy atom. The second-order valence-electron chi connectivity index (χ2n) is 4.58. The molecule has 0 radical (unpaired) electrons. The minimum atomic E-state index is -2.95. The van der Waals surface area contributed by atoms with Gasteiger partial charge in [0.15, 0.2) is 9.84 Å². The lowest BCUT2D eigenvalue weighted by atomic mass is 10.1. The maximum Gasteiger partial charge on any atom is 0.254 e. The highest BCUT2D eigenvalue weighted by molar-refractivity contribution is 7.91. The molecule has 1 aromatic heterocycles. The lowest BCUT2D eigenvalue weighted by Crippen LogP contribution is -2.43. The highest BCUT2D eigenvalue weighted by Crippen LogP contribution is 2.11. The molecule has 98 valence electrons. The summed E-state index contributed by atoms with van der Waals surface area (Å²) in [4.78, 5) is 18.0. The van der Waals surface area contributed by atoms with Crippen LogP contribution in [0.2, 0.25) is 0 Å². The van der Waals surface area contributed by atoms with E-state index in [4.69, 9.17) is 0 Å². The Bertz CT molecular complexity index is 547. The number of hydrogen-bond acceptors (Lipinski definition) is 4. The third kappa shape index (κ3) is 2.87. The van der Waals surface area contributed by atoms with Crippen molar-refractivity contribution in [2.75, 3.05) is 24.6 Å². The summed E-state index contributed by atoms with van der Waals surface area (Å²) in [7, 11) is -2.95. The molecule has 1 aliphatic rings. The molecule has 2 rings (SSSR count). The Balaban J connectivity index is 2.17. The fraction of sp³-hybridized carbons (Fsp3) is 0.500. The quantitative estimate of drug-likeness (QED) is 0.747. The first-order valence-corrected chi connectivity index (χ1v) is 7.64. The molecule has 0 aliphatic carbocycles. The molecule has 0 unspecified atom stereocenters. The van der Waals surface area contributed by atoms with Crippen molar-refractivity contribution in [3.05, 3.63) is 29.1 Å². The van der Waals surface area contributed by atoms with Crippen molar-refractivity contribution in [3.8, 4) is 0 Å². The Morgan fingerprint density at radius 2 is 1.67 bits per heavy atom. The Kier molecular flexibility index (Phi) is 3.38. The Morgan fingerprint density at radius 3 is 2.17 bits per heavy atom. The zero-order valence-electron chi connectivity index (χ0n) is 10.5. The SMILES string of the molecule is Cc1cc(C(=O)N2CCS(=O)(=O)CC2)cc(C)n1. The zero-order valence-corrected chi connectivity index (χ0v) is 11.3. The van der Waals surface area contributed by atoms with Gasteiger partial charge in [0.2, 0.25) is 0 Å². The number of hydrogen-bond donors (Lipinski definition) is 0. The second kappa shape index (κ2) is 4.68. The maximum atomic E-state index is 12.2.